The molecule has 1 atom stereocenters. The average molecular weight is 267 g/mol. The zero-order chi connectivity index (χ0) is 13.0. The van der Waals surface area contributed by atoms with Gasteiger partial charge in [0.05, 0.1) is 18.5 Å². The Bertz CT molecular complexity index is 433. The Balaban J connectivity index is 2.19. The molecule has 3 N–H and O–H groups in total. The standard InChI is InChI=1S/C12H17N3O2S/c1-2-17-12(16)10-5-8(13)6-14-11(10)15-9-3-4-18-7-9/h5-6,9H,2-4,7,13H2,1H3,(H,14,15). The second-order valence-electron chi connectivity index (χ2n) is 4.09. The first-order valence-electron chi connectivity index (χ1n) is 5.97. The van der Waals surface area contributed by atoms with Gasteiger partial charge in [-0.2, -0.15) is 11.8 Å². The number of nitrogens with two attached hydrogens (primary N) is 1. The molecule has 1 unspecified atom stereocenters. The molecule has 0 spiro atoms. The molecule has 6 heteroatoms. The van der Waals surface area contributed by atoms with Crippen LogP contribution in [0.1, 0.15) is 23.7 Å². The molecular weight excluding hydrogens is 250 g/mol. The molecule has 0 radical (unpaired) electrons. The predicted molar refractivity (Wildman–Crippen MR) is 74.0 cm³/mol. The molecule has 1 aliphatic rings. The maximum Gasteiger partial charge on any atom is 0.341 e. The van der Waals surface area contributed by atoms with Crippen molar-refractivity contribution in [3.63, 3.8) is 0 Å². The maximum atomic E-state index is 11.8. The number of hydrogen-bond donors (Lipinski definition) is 2. The fourth-order valence-corrected chi connectivity index (χ4v) is 2.95. The minimum atomic E-state index is -0.384. The van der Waals surface area contributed by atoms with Crippen molar-refractivity contribution in [2.45, 2.75) is 19.4 Å². The first-order chi connectivity index (χ1) is 8.70. The SMILES string of the molecule is CCOC(=O)c1cc(N)cnc1NC1CCSC1. The number of nitrogens with one attached hydrogen (secondary N) is 1. The molecule has 1 aromatic rings. The Morgan fingerprint density at radius 2 is 2.56 bits per heavy atom. The van der Waals surface area contributed by atoms with Crippen molar-refractivity contribution in [2.24, 2.45) is 0 Å². The van der Waals surface area contributed by atoms with Crippen LogP contribution in [0.2, 0.25) is 0 Å². The third-order valence-electron chi connectivity index (χ3n) is 2.67. The van der Waals surface area contributed by atoms with E-state index in [0.717, 1.165) is 17.9 Å². The van der Waals surface area contributed by atoms with Crippen molar-refractivity contribution in [3.05, 3.63) is 17.8 Å². The number of ether oxygens (including phenoxy) is 1. The molecule has 1 aromatic heterocycles. The van der Waals surface area contributed by atoms with Gasteiger partial charge in [0.1, 0.15) is 11.4 Å². The Hall–Kier alpha value is -1.43. The fourth-order valence-electron chi connectivity index (χ4n) is 1.80. The lowest BCUT2D eigenvalue weighted by molar-refractivity contribution is 0.0527. The number of pyridine rings is 1. The molecule has 0 amide bonds. The van der Waals surface area contributed by atoms with E-state index < -0.39 is 0 Å². The number of hydrogen-bond acceptors (Lipinski definition) is 6. The van der Waals surface area contributed by atoms with E-state index in [4.69, 9.17) is 10.5 Å². The van der Waals surface area contributed by atoms with Gasteiger partial charge >= 0.3 is 5.97 Å². The third kappa shape index (κ3) is 3.07. The Morgan fingerprint density at radius 3 is 3.22 bits per heavy atom. The topological polar surface area (TPSA) is 77.2 Å². The summed E-state index contributed by atoms with van der Waals surface area (Å²) in [5, 5.41) is 3.29. The van der Waals surface area contributed by atoms with Crippen LogP contribution in [-0.4, -0.2) is 35.1 Å². The summed E-state index contributed by atoms with van der Waals surface area (Å²) in [5.74, 6) is 2.36. The van der Waals surface area contributed by atoms with Crippen LogP contribution in [-0.2, 0) is 4.74 Å². The summed E-state index contributed by atoms with van der Waals surface area (Å²) in [7, 11) is 0. The van der Waals surface area contributed by atoms with Gasteiger partial charge in [0.15, 0.2) is 0 Å². The average Bonchev–Trinajstić information content (AvgIpc) is 2.84. The minimum Gasteiger partial charge on any atom is -0.462 e. The molecule has 5 nitrogen and oxygen atoms in total. The lowest BCUT2D eigenvalue weighted by Gasteiger charge is -2.15. The highest BCUT2D eigenvalue weighted by atomic mass is 32.2. The second-order valence-corrected chi connectivity index (χ2v) is 5.24. The van der Waals surface area contributed by atoms with E-state index in [1.165, 1.54) is 0 Å². The van der Waals surface area contributed by atoms with Crippen molar-refractivity contribution >= 4 is 29.2 Å². The number of anilines is 2. The second kappa shape index (κ2) is 5.95. The van der Waals surface area contributed by atoms with E-state index in [1.807, 2.05) is 11.8 Å². The maximum absolute atomic E-state index is 11.8. The molecule has 0 aliphatic carbocycles. The molecule has 1 fully saturated rings. The highest BCUT2D eigenvalue weighted by Crippen LogP contribution is 2.23. The van der Waals surface area contributed by atoms with Gasteiger partial charge < -0.3 is 15.8 Å². The van der Waals surface area contributed by atoms with Crippen LogP contribution >= 0.6 is 11.8 Å². The quantitative estimate of drug-likeness (QED) is 0.809. The molecule has 1 saturated heterocycles. The van der Waals surface area contributed by atoms with Crippen molar-refractivity contribution in [3.8, 4) is 0 Å². The van der Waals surface area contributed by atoms with Crippen LogP contribution in [0.5, 0.6) is 0 Å². The normalized spacial score (nSPS) is 18.6. The fraction of sp³-hybridized carbons (Fsp3) is 0.500. The van der Waals surface area contributed by atoms with E-state index in [0.29, 0.717) is 29.7 Å². The summed E-state index contributed by atoms with van der Waals surface area (Å²) in [6, 6.07) is 1.97. The van der Waals surface area contributed by atoms with E-state index in [1.54, 1.807) is 19.2 Å². The van der Waals surface area contributed by atoms with Gasteiger partial charge in [0, 0.05) is 11.8 Å². The van der Waals surface area contributed by atoms with Gasteiger partial charge in [-0.05, 0) is 25.2 Å². The number of aromatic nitrogens is 1. The summed E-state index contributed by atoms with van der Waals surface area (Å²) in [4.78, 5) is 16.0. The zero-order valence-corrected chi connectivity index (χ0v) is 11.1. The molecule has 0 aromatic carbocycles. The monoisotopic (exact) mass is 267 g/mol. The zero-order valence-electron chi connectivity index (χ0n) is 10.3. The highest BCUT2D eigenvalue weighted by Gasteiger charge is 2.20. The number of rotatable bonds is 4. The summed E-state index contributed by atoms with van der Waals surface area (Å²) in [5.41, 5.74) is 6.54. The molecule has 0 saturated carbocycles. The number of carbonyl (C=O) groups excluding carboxylic acids is 1. The van der Waals surface area contributed by atoms with Gasteiger partial charge in [-0.25, -0.2) is 9.78 Å². The van der Waals surface area contributed by atoms with Crippen LogP contribution in [0, 0.1) is 0 Å². The van der Waals surface area contributed by atoms with Crippen molar-refractivity contribution in [2.75, 3.05) is 29.2 Å². The van der Waals surface area contributed by atoms with Gasteiger partial charge in [0.25, 0.3) is 0 Å². The lowest BCUT2D eigenvalue weighted by atomic mass is 10.2. The third-order valence-corrected chi connectivity index (χ3v) is 3.84. The van der Waals surface area contributed by atoms with E-state index in [2.05, 4.69) is 10.3 Å². The van der Waals surface area contributed by atoms with Gasteiger partial charge in [0.2, 0.25) is 0 Å². The van der Waals surface area contributed by atoms with Crippen LogP contribution in [0.25, 0.3) is 0 Å². The van der Waals surface area contributed by atoms with Crippen molar-refractivity contribution in [1.82, 2.24) is 4.98 Å². The van der Waals surface area contributed by atoms with Gasteiger partial charge in [-0.15, -0.1) is 0 Å². The molecule has 1 aliphatic heterocycles. The first kappa shape index (κ1) is 13.0. The summed E-state index contributed by atoms with van der Waals surface area (Å²) in [6.07, 6.45) is 2.63. The molecule has 2 rings (SSSR count). The van der Waals surface area contributed by atoms with E-state index in [-0.39, 0.29) is 5.97 Å². The van der Waals surface area contributed by atoms with Gasteiger partial charge in [-0.3, -0.25) is 0 Å². The smallest absolute Gasteiger partial charge is 0.341 e. The molecule has 18 heavy (non-hydrogen) atoms. The van der Waals surface area contributed by atoms with Crippen molar-refractivity contribution in [1.29, 1.82) is 0 Å². The van der Waals surface area contributed by atoms with Crippen LogP contribution < -0.4 is 11.1 Å². The van der Waals surface area contributed by atoms with E-state index in [9.17, 15) is 4.79 Å². The Morgan fingerprint density at radius 1 is 1.72 bits per heavy atom. The summed E-state index contributed by atoms with van der Waals surface area (Å²) in [6.45, 7) is 2.12. The van der Waals surface area contributed by atoms with E-state index >= 15 is 0 Å². The van der Waals surface area contributed by atoms with Gasteiger partial charge in [-0.1, -0.05) is 0 Å². The van der Waals surface area contributed by atoms with Crippen molar-refractivity contribution < 1.29 is 9.53 Å². The summed E-state index contributed by atoms with van der Waals surface area (Å²) >= 11 is 1.90. The number of nitrogen functional groups attached to an aromatic ring is 1. The lowest BCUT2D eigenvalue weighted by Crippen LogP contribution is -2.21. The highest BCUT2D eigenvalue weighted by molar-refractivity contribution is 7.99. The predicted octanol–water partition coefficient (Wildman–Crippen LogP) is 1.76. The van der Waals surface area contributed by atoms with Crippen LogP contribution in [0.3, 0.4) is 0 Å². The van der Waals surface area contributed by atoms with Crippen LogP contribution in [0.4, 0.5) is 11.5 Å². The number of thioether (sulfide) groups is 1. The summed E-state index contributed by atoms with van der Waals surface area (Å²) < 4.78 is 5.01. The Labute approximate surface area is 110 Å². The number of esters is 1. The first-order valence-corrected chi connectivity index (χ1v) is 7.13. The largest absolute Gasteiger partial charge is 0.462 e. The number of nitrogens with zero attached hydrogens (tertiary/aromatic N) is 1. The molecule has 0 bridgehead atoms. The number of carbonyl (C=O) groups is 1. The molecule has 98 valence electrons. The van der Waals surface area contributed by atoms with Crippen LogP contribution in [0.15, 0.2) is 12.3 Å². The minimum absolute atomic E-state index is 0.340. The molecule has 2 heterocycles. The molecular formula is C12H17N3O2S. The Kier molecular flexibility index (Phi) is 4.30.